The van der Waals surface area contributed by atoms with Crippen LogP contribution in [0.1, 0.15) is 18.1 Å². The van der Waals surface area contributed by atoms with Gasteiger partial charge >= 0.3 is 12.0 Å². The van der Waals surface area contributed by atoms with Gasteiger partial charge in [-0.05, 0) is 19.4 Å². The lowest BCUT2D eigenvalue weighted by Crippen LogP contribution is -2.39. The molecule has 1 aromatic rings. The highest BCUT2D eigenvalue weighted by Gasteiger charge is 2.10. The molecule has 19 heavy (non-hydrogen) atoms. The summed E-state index contributed by atoms with van der Waals surface area (Å²) >= 11 is 0. The van der Waals surface area contributed by atoms with Crippen LogP contribution >= 0.6 is 0 Å². The maximum Gasteiger partial charge on any atom is 0.325 e. The molecule has 0 aromatic heterocycles. The summed E-state index contributed by atoms with van der Waals surface area (Å²) in [4.78, 5) is 24.4. The molecule has 2 amide bonds. The number of benzene rings is 1. The third-order valence-electron chi connectivity index (χ3n) is 2.58. The minimum Gasteiger partial charge on any atom is -0.465 e. The van der Waals surface area contributed by atoms with Gasteiger partial charge in [-0.1, -0.05) is 29.8 Å². The number of hydrogen-bond acceptors (Lipinski definition) is 3. The minimum absolute atomic E-state index is 0.106. The van der Waals surface area contributed by atoms with Gasteiger partial charge in [0.2, 0.25) is 0 Å². The second-order valence-corrected chi connectivity index (χ2v) is 4.31. The van der Waals surface area contributed by atoms with Gasteiger partial charge in [0.05, 0.1) is 6.61 Å². The molecule has 0 unspecified atom stereocenters. The smallest absolute Gasteiger partial charge is 0.325 e. The van der Waals surface area contributed by atoms with Gasteiger partial charge in [0.15, 0.2) is 0 Å². The summed E-state index contributed by atoms with van der Waals surface area (Å²) in [6, 6.07) is 7.66. The first-order valence-electron chi connectivity index (χ1n) is 6.23. The van der Waals surface area contributed by atoms with Crippen LogP contribution in [0.4, 0.5) is 4.79 Å². The van der Waals surface area contributed by atoms with Crippen LogP contribution < -0.4 is 5.32 Å². The van der Waals surface area contributed by atoms with Crippen LogP contribution in [0.5, 0.6) is 0 Å². The first kappa shape index (κ1) is 15.0. The van der Waals surface area contributed by atoms with Crippen LogP contribution in [0.15, 0.2) is 24.3 Å². The van der Waals surface area contributed by atoms with Crippen LogP contribution in [-0.4, -0.2) is 37.1 Å². The molecule has 0 aliphatic carbocycles. The van der Waals surface area contributed by atoms with E-state index in [4.69, 9.17) is 4.74 Å². The second kappa shape index (κ2) is 7.41. The number of urea groups is 1. The Hall–Kier alpha value is -2.04. The van der Waals surface area contributed by atoms with Gasteiger partial charge in [0.25, 0.3) is 0 Å². The predicted octanol–water partition coefficient (Wildman–Crippen LogP) is 1.70. The van der Waals surface area contributed by atoms with E-state index >= 15 is 0 Å². The second-order valence-electron chi connectivity index (χ2n) is 4.31. The van der Waals surface area contributed by atoms with Crippen molar-refractivity contribution in [3.63, 3.8) is 0 Å². The minimum atomic E-state index is -0.431. The number of rotatable bonds is 5. The average Bonchev–Trinajstić information content (AvgIpc) is 2.39. The zero-order valence-corrected chi connectivity index (χ0v) is 11.6. The van der Waals surface area contributed by atoms with Crippen molar-refractivity contribution in [2.24, 2.45) is 0 Å². The third-order valence-corrected chi connectivity index (χ3v) is 2.58. The summed E-state index contributed by atoms with van der Waals surface area (Å²) < 4.78 is 4.73. The molecule has 0 heterocycles. The highest BCUT2D eigenvalue weighted by molar-refractivity contribution is 5.80. The number of amides is 2. The number of esters is 1. The molecule has 0 bridgehead atoms. The molecule has 0 aliphatic heterocycles. The van der Waals surface area contributed by atoms with Gasteiger partial charge in [0.1, 0.15) is 6.54 Å². The van der Waals surface area contributed by atoms with E-state index in [0.717, 1.165) is 5.56 Å². The van der Waals surface area contributed by atoms with Crippen LogP contribution in [0.2, 0.25) is 0 Å². The lowest BCUT2D eigenvalue weighted by molar-refractivity contribution is -0.141. The van der Waals surface area contributed by atoms with Gasteiger partial charge in [-0.25, -0.2) is 4.79 Å². The zero-order chi connectivity index (χ0) is 14.3. The van der Waals surface area contributed by atoms with Gasteiger partial charge in [-0.2, -0.15) is 0 Å². The Kier molecular flexibility index (Phi) is 5.85. The first-order valence-corrected chi connectivity index (χ1v) is 6.23. The normalized spacial score (nSPS) is 9.84. The van der Waals surface area contributed by atoms with Crippen LogP contribution in [0.3, 0.4) is 0 Å². The monoisotopic (exact) mass is 264 g/mol. The number of aryl methyl sites for hydroxylation is 1. The SMILES string of the molecule is CCOC(=O)CNC(=O)N(C)Cc1ccc(C)cc1. The van der Waals surface area contributed by atoms with Gasteiger partial charge in [0, 0.05) is 13.6 Å². The number of nitrogens with one attached hydrogen (secondary N) is 1. The molecule has 0 aliphatic rings. The first-order chi connectivity index (χ1) is 9.02. The maximum absolute atomic E-state index is 11.7. The van der Waals surface area contributed by atoms with Gasteiger partial charge in [-0.3, -0.25) is 4.79 Å². The summed E-state index contributed by atoms with van der Waals surface area (Å²) in [5, 5.41) is 2.51. The molecular formula is C14H20N2O3. The standard InChI is InChI=1S/C14H20N2O3/c1-4-19-13(17)9-15-14(18)16(3)10-12-7-5-11(2)6-8-12/h5-8H,4,9-10H2,1-3H3,(H,15,18). The van der Waals surface area contributed by atoms with Crippen LogP contribution in [0, 0.1) is 6.92 Å². The molecular weight excluding hydrogens is 244 g/mol. The molecule has 0 fully saturated rings. The lowest BCUT2D eigenvalue weighted by Gasteiger charge is -2.17. The Balaban J connectivity index is 2.40. The molecule has 0 saturated heterocycles. The highest BCUT2D eigenvalue weighted by atomic mass is 16.5. The predicted molar refractivity (Wildman–Crippen MR) is 72.7 cm³/mol. The number of carbonyl (C=O) groups excluding carboxylic acids is 2. The summed E-state index contributed by atoms with van der Waals surface area (Å²) in [6.45, 7) is 4.44. The fraction of sp³-hybridized carbons (Fsp3) is 0.429. The van der Waals surface area contributed by atoms with Crippen molar-refractivity contribution >= 4 is 12.0 Å². The molecule has 1 aromatic carbocycles. The van der Waals surface area contributed by atoms with E-state index in [2.05, 4.69) is 5.32 Å². The summed E-state index contributed by atoms with van der Waals surface area (Å²) in [5.41, 5.74) is 2.22. The Morgan fingerprint density at radius 2 is 1.89 bits per heavy atom. The van der Waals surface area contributed by atoms with Crippen molar-refractivity contribution in [3.05, 3.63) is 35.4 Å². The molecule has 1 rings (SSSR count). The molecule has 0 spiro atoms. The van der Waals surface area contributed by atoms with Crippen molar-refractivity contribution in [2.45, 2.75) is 20.4 Å². The molecule has 0 radical (unpaired) electrons. The summed E-state index contributed by atoms with van der Waals surface area (Å²) in [6.07, 6.45) is 0. The van der Waals surface area contributed by atoms with Crippen LogP contribution in [0.25, 0.3) is 0 Å². The quantitative estimate of drug-likeness (QED) is 0.823. The zero-order valence-electron chi connectivity index (χ0n) is 11.6. The van der Waals surface area contributed by atoms with Crippen molar-refractivity contribution < 1.29 is 14.3 Å². The van der Waals surface area contributed by atoms with E-state index in [9.17, 15) is 9.59 Å². The lowest BCUT2D eigenvalue weighted by atomic mass is 10.1. The average molecular weight is 264 g/mol. The van der Waals surface area contributed by atoms with E-state index in [-0.39, 0.29) is 12.6 Å². The van der Waals surface area contributed by atoms with Crippen molar-refractivity contribution in [1.82, 2.24) is 10.2 Å². The third kappa shape index (κ3) is 5.42. The molecule has 0 saturated carbocycles. The van der Waals surface area contributed by atoms with Crippen molar-refractivity contribution in [2.75, 3.05) is 20.2 Å². The molecule has 1 N–H and O–H groups in total. The summed E-state index contributed by atoms with van der Waals surface area (Å²) in [7, 11) is 1.68. The van der Waals surface area contributed by atoms with E-state index in [0.29, 0.717) is 13.2 Å². The van der Waals surface area contributed by atoms with E-state index < -0.39 is 5.97 Å². The Bertz CT molecular complexity index is 429. The Labute approximate surface area is 113 Å². The number of hydrogen-bond donors (Lipinski definition) is 1. The molecule has 5 heteroatoms. The van der Waals surface area contributed by atoms with Gasteiger partial charge < -0.3 is 15.0 Å². The maximum atomic E-state index is 11.7. The highest BCUT2D eigenvalue weighted by Crippen LogP contribution is 2.05. The van der Waals surface area contributed by atoms with Crippen molar-refractivity contribution in [1.29, 1.82) is 0 Å². The number of ether oxygens (including phenoxy) is 1. The van der Waals surface area contributed by atoms with Crippen LogP contribution in [-0.2, 0) is 16.1 Å². The summed E-state index contributed by atoms with van der Waals surface area (Å²) in [5.74, 6) is -0.431. The molecule has 0 atom stereocenters. The largest absolute Gasteiger partial charge is 0.465 e. The Morgan fingerprint density at radius 1 is 1.26 bits per heavy atom. The van der Waals surface area contributed by atoms with Crippen molar-refractivity contribution in [3.8, 4) is 0 Å². The topological polar surface area (TPSA) is 58.6 Å². The number of carbonyl (C=O) groups is 2. The van der Waals surface area contributed by atoms with E-state index in [1.165, 1.54) is 10.5 Å². The Morgan fingerprint density at radius 3 is 2.47 bits per heavy atom. The molecule has 104 valence electrons. The van der Waals surface area contributed by atoms with E-state index in [1.54, 1.807) is 14.0 Å². The molecule has 5 nitrogen and oxygen atoms in total. The van der Waals surface area contributed by atoms with E-state index in [1.807, 2.05) is 31.2 Å². The number of nitrogens with zero attached hydrogens (tertiary/aromatic N) is 1. The fourth-order valence-corrected chi connectivity index (χ4v) is 1.53. The van der Waals surface area contributed by atoms with Gasteiger partial charge in [-0.15, -0.1) is 0 Å². The fourth-order valence-electron chi connectivity index (χ4n) is 1.53.